The highest BCUT2D eigenvalue weighted by Crippen LogP contribution is 2.11. The van der Waals surface area contributed by atoms with Gasteiger partial charge in [-0.05, 0) is 13.3 Å². The van der Waals surface area contributed by atoms with Gasteiger partial charge < -0.3 is 14.8 Å². The molecule has 1 unspecified atom stereocenters. The molecule has 1 aromatic heterocycles. The molecule has 17 heavy (non-hydrogen) atoms. The molecule has 1 aromatic rings. The molecule has 0 radical (unpaired) electrons. The van der Waals surface area contributed by atoms with Crippen molar-refractivity contribution in [1.82, 2.24) is 14.9 Å². The summed E-state index contributed by atoms with van der Waals surface area (Å²) in [6.07, 6.45) is 5.76. The minimum atomic E-state index is 0.577. The van der Waals surface area contributed by atoms with Crippen molar-refractivity contribution in [3.8, 4) is 0 Å². The summed E-state index contributed by atoms with van der Waals surface area (Å²) in [4.78, 5) is 6.44. The average molecular weight is 238 g/mol. The number of unbranched alkanes of at least 4 members (excludes halogenated alkanes) is 1. The predicted octanol–water partition coefficient (Wildman–Crippen LogP) is 2.15. The van der Waals surface area contributed by atoms with Gasteiger partial charge in [0, 0.05) is 33.7 Å². The molecule has 0 amide bonds. The van der Waals surface area contributed by atoms with E-state index in [1.165, 1.54) is 25.0 Å². The fraction of sp³-hybridized carbons (Fsp3) is 0.769. The minimum Gasteiger partial charge on any atom is -0.348 e. The van der Waals surface area contributed by atoms with Crippen molar-refractivity contribution in [1.29, 1.82) is 0 Å². The van der Waals surface area contributed by atoms with Gasteiger partial charge >= 0.3 is 0 Å². The fourth-order valence-corrected chi connectivity index (χ4v) is 1.90. The first-order valence-corrected chi connectivity index (χ1v) is 6.47. The summed E-state index contributed by atoms with van der Waals surface area (Å²) in [6, 6.07) is 0.577. The maximum Gasteiger partial charge on any atom is 0.204 e. The molecule has 0 aliphatic carbocycles. The summed E-state index contributed by atoms with van der Waals surface area (Å²) < 4.78 is 2.14. The summed E-state index contributed by atoms with van der Waals surface area (Å²) in [5.74, 6) is 1.00. The van der Waals surface area contributed by atoms with E-state index in [2.05, 4.69) is 35.8 Å². The number of nitrogens with one attached hydrogen (secondary N) is 1. The van der Waals surface area contributed by atoms with Gasteiger partial charge in [-0.1, -0.05) is 19.8 Å². The van der Waals surface area contributed by atoms with Gasteiger partial charge in [0.25, 0.3) is 0 Å². The molecule has 0 aliphatic heterocycles. The molecule has 0 saturated heterocycles. The third-order valence-corrected chi connectivity index (χ3v) is 3.08. The monoisotopic (exact) mass is 238 g/mol. The Hall–Kier alpha value is -1.03. The average Bonchev–Trinajstić information content (AvgIpc) is 2.65. The third kappa shape index (κ3) is 4.04. The van der Waals surface area contributed by atoms with Gasteiger partial charge in [-0.25, -0.2) is 4.98 Å². The summed E-state index contributed by atoms with van der Waals surface area (Å²) in [7, 11) is 6.10. The second kappa shape index (κ2) is 6.64. The second-order valence-corrected chi connectivity index (χ2v) is 4.93. The van der Waals surface area contributed by atoms with Crippen LogP contribution in [-0.2, 0) is 13.6 Å². The van der Waals surface area contributed by atoms with Crippen molar-refractivity contribution in [2.45, 2.75) is 45.7 Å². The van der Waals surface area contributed by atoms with Crippen LogP contribution in [0.5, 0.6) is 0 Å². The number of hydrogen-bond donors (Lipinski definition) is 1. The zero-order chi connectivity index (χ0) is 12.8. The Morgan fingerprint density at radius 3 is 2.71 bits per heavy atom. The molecule has 0 aromatic carbocycles. The lowest BCUT2D eigenvalue weighted by atomic mass is 10.1. The smallest absolute Gasteiger partial charge is 0.204 e. The zero-order valence-corrected chi connectivity index (χ0v) is 11.8. The van der Waals surface area contributed by atoms with Crippen molar-refractivity contribution in [3.63, 3.8) is 0 Å². The van der Waals surface area contributed by atoms with Gasteiger partial charge in [-0.2, -0.15) is 0 Å². The Balaban J connectivity index is 2.46. The first-order valence-electron chi connectivity index (χ1n) is 6.47. The van der Waals surface area contributed by atoms with E-state index in [1.807, 2.05) is 25.2 Å². The maximum atomic E-state index is 4.40. The minimum absolute atomic E-state index is 0.577. The van der Waals surface area contributed by atoms with E-state index in [0.29, 0.717) is 6.04 Å². The van der Waals surface area contributed by atoms with Crippen LogP contribution in [0.2, 0.25) is 0 Å². The predicted molar refractivity (Wildman–Crippen MR) is 73.4 cm³/mol. The van der Waals surface area contributed by atoms with Gasteiger partial charge in [0.1, 0.15) is 0 Å². The van der Waals surface area contributed by atoms with E-state index in [0.717, 1.165) is 12.5 Å². The number of anilines is 1. The molecule has 0 fully saturated rings. The number of hydrogen-bond acceptors (Lipinski definition) is 3. The van der Waals surface area contributed by atoms with Crippen molar-refractivity contribution in [3.05, 3.63) is 11.9 Å². The Labute approximate surface area is 105 Å². The molecule has 0 bridgehead atoms. The summed E-state index contributed by atoms with van der Waals surface area (Å²) >= 11 is 0. The van der Waals surface area contributed by atoms with Crippen LogP contribution in [0, 0.1) is 0 Å². The number of aromatic nitrogens is 2. The van der Waals surface area contributed by atoms with E-state index in [1.54, 1.807) is 0 Å². The lowest BCUT2D eigenvalue weighted by molar-refractivity contribution is 0.487. The third-order valence-electron chi connectivity index (χ3n) is 3.08. The zero-order valence-electron chi connectivity index (χ0n) is 11.8. The highest BCUT2D eigenvalue weighted by Gasteiger charge is 2.08. The lowest BCUT2D eigenvalue weighted by Gasteiger charge is -2.15. The van der Waals surface area contributed by atoms with Gasteiger partial charge in [-0.15, -0.1) is 0 Å². The first kappa shape index (κ1) is 14.0. The molecule has 4 nitrogen and oxygen atoms in total. The van der Waals surface area contributed by atoms with Gasteiger partial charge in [0.05, 0.1) is 11.9 Å². The lowest BCUT2D eigenvalue weighted by Crippen LogP contribution is -2.26. The Kier molecular flexibility index (Phi) is 5.48. The topological polar surface area (TPSA) is 33.1 Å². The molecule has 0 saturated carbocycles. The molecule has 1 rings (SSSR count). The Bertz CT molecular complexity index is 330. The molecule has 1 heterocycles. The summed E-state index contributed by atoms with van der Waals surface area (Å²) in [5, 5.41) is 3.55. The van der Waals surface area contributed by atoms with Crippen LogP contribution in [0.25, 0.3) is 0 Å². The molecule has 1 atom stereocenters. The molecule has 0 spiro atoms. The van der Waals surface area contributed by atoms with E-state index in [4.69, 9.17) is 0 Å². The fourth-order valence-electron chi connectivity index (χ4n) is 1.90. The number of rotatable bonds is 7. The molecule has 4 heteroatoms. The molecule has 98 valence electrons. The quantitative estimate of drug-likeness (QED) is 0.790. The van der Waals surface area contributed by atoms with E-state index >= 15 is 0 Å². The van der Waals surface area contributed by atoms with Gasteiger partial charge in [0.15, 0.2) is 0 Å². The Morgan fingerprint density at radius 2 is 2.18 bits per heavy atom. The summed E-state index contributed by atoms with van der Waals surface area (Å²) in [6.45, 7) is 5.37. The standard InChI is InChI=1S/C13H26N4/c1-6-7-8-11(2)14-9-12-10-15-13(16(3)4)17(12)5/h10-11,14H,6-9H2,1-5H3. The van der Waals surface area contributed by atoms with Crippen LogP contribution < -0.4 is 10.2 Å². The SMILES string of the molecule is CCCCC(C)NCc1cnc(N(C)C)n1C. The van der Waals surface area contributed by atoms with Crippen molar-refractivity contribution >= 4 is 5.95 Å². The van der Waals surface area contributed by atoms with Crippen LogP contribution in [0.1, 0.15) is 38.8 Å². The van der Waals surface area contributed by atoms with Gasteiger partial charge in [-0.3, -0.25) is 0 Å². The van der Waals surface area contributed by atoms with Crippen molar-refractivity contribution in [2.24, 2.45) is 7.05 Å². The second-order valence-electron chi connectivity index (χ2n) is 4.93. The number of nitrogens with zero attached hydrogens (tertiary/aromatic N) is 3. The highest BCUT2D eigenvalue weighted by atomic mass is 15.3. The molecule has 1 N–H and O–H groups in total. The van der Waals surface area contributed by atoms with Crippen LogP contribution in [0.3, 0.4) is 0 Å². The van der Waals surface area contributed by atoms with Gasteiger partial charge in [0.2, 0.25) is 5.95 Å². The molecular weight excluding hydrogens is 212 g/mol. The Morgan fingerprint density at radius 1 is 1.47 bits per heavy atom. The maximum absolute atomic E-state index is 4.40. The van der Waals surface area contributed by atoms with E-state index in [-0.39, 0.29) is 0 Å². The van der Waals surface area contributed by atoms with Crippen LogP contribution in [0.4, 0.5) is 5.95 Å². The van der Waals surface area contributed by atoms with E-state index in [9.17, 15) is 0 Å². The van der Waals surface area contributed by atoms with E-state index < -0.39 is 0 Å². The summed E-state index contributed by atoms with van der Waals surface area (Å²) in [5.41, 5.74) is 1.23. The molecule has 0 aliphatic rings. The highest BCUT2D eigenvalue weighted by molar-refractivity contribution is 5.30. The molecular formula is C13H26N4. The normalized spacial score (nSPS) is 12.8. The van der Waals surface area contributed by atoms with Crippen molar-refractivity contribution < 1.29 is 0 Å². The largest absolute Gasteiger partial charge is 0.348 e. The number of imidazole rings is 1. The van der Waals surface area contributed by atoms with Crippen LogP contribution in [0.15, 0.2) is 6.20 Å². The first-order chi connectivity index (χ1) is 8.06. The van der Waals surface area contributed by atoms with Crippen LogP contribution >= 0.6 is 0 Å². The van der Waals surface area contributed by atoms with Crippen LogP contribution in [-0.4, -0.2) is 29.7 Å². The van der Waals surface area contributed by atoms with Crippen molar-refractivity contribution in [2.75, 3.05) is 19.0 Å².